The Morgan fingerprint density at radius 1 is 1.20 bits per heavy atom. The number of ketones is 1. The van der Waals surface area contributed by atoms with Gasteiger partial charge >= 0.3 is 0 Å². The van der Waals surface area contributed by atoms with Crippen molar-refractivity contribution in [3.05, 3.63) is 48.3 Å². The molecule has 1 aromatic rings. The summed E-state index contributed by atoms with van der Waals surface area (Å²) in [6.07, 6.45) is 2.53. The van der Waals surface area contributed by atoms with E-state index in [4.69, 9.17) is 11.5 Å². The minimum atomic E-state index is -1.26. The smallest absolute Gasteiger partial charge is 0.252 e. The first-order chi connectivity index (χ1) is 16.7. The molecular weight excluding hydrogens is 462 g/mol. The van der Waals surface area contributed by atoms with Crippen LogP contribution in [-0.2, 0) is 14.4 Å². The van der Waals surface area contributed by atoms with Crippen molar-refractivity contribution in [3.8, 4) is 0 Å². The number of halogens is 2. The molecule has 3 amide bonds. The van der Waals surface area contributed by atoms with Crippen LogP contribution in [-0.4, -0.2) is 72.3 Å². The number of hydrogen-bond donors (Lipinski definition) is 4. The lowest BCUT2D eigenvalue weighted by Crippen LogP contribution is -2.55. The van der Waals surface area contributed by atoms with Crippen LogP contribution in [0.3, 0.4) is 0 Å². The Morgan fingerprint density at radius 3 is 2.49 bits per heavy atom. The lowest BCUT2D eigenvalue weighted by atomic mass is 10.1. The summed E-state index contributed by atoms with van der Waals surface area (Å²) in [4.78, 5) is 55.6. The van der Waals surface area contributed by atoms with Crippen LogP contribution in [0.1, 0.15) is 36.0 Å². The molecule has 0 bridgehead atoms. The summed E-state index contributed by atoms with van der Waals surface area (Å²) >= 11 is 0. The molecule has 12 heteroatoms. The molecule has 35 heavy (non-hydrogen) atoms. The van der Waals surface area contributed by atoms with E-state index in [0.717, 1.165) is 12.1 Å². The Balaban J connectivity index is 2.05. The first-order valence-electron chi connectivity index (χ1n) is 11.1. The summed E-state index contributed by atoms with van der Waals surface area (Å²) < 4.78 is 26.1. The number of benzene rings is 1. The molecule has 190 valence electrons. The minimum Gasteiger partial charge on any atom is -0.370 e. The van der Waals surface area contributed by atoms with Crippen molar-refractivity contribution in [3.63, 3.8) is 0 Å². The first-order valence-corrected chi connectivity index (χ1v) is 11.1. The van der Waals surface area contributed by atoms with E-state index < -0.39 is 54.1 Å². The Hall–Kier alpha value is -3.83. The van der Waals surface area contributed by atoms with Crippen molar-refractivity contribution < 1.29 is 28.0 Å². The predicted molar refractivity (Wildman–Crippen MR) is 125 cm³/mol. The second kappa shape index (κ2) is 13.2. The average Bonchev–Trinajstić information content (AvgIpc) is 3.33. The van der Waals surface area contributed by atoms with Gasteiger partial charge in [0.15, 0.2) is 11.7 Å². The number of likely N-dealkylation sites (tertiary alicyclic amines) is 1. The average molecular weight is 493 g/mol. The second-order valence-electron chi connectivity index (χ2n) is 7.99. The van der Waals surface area contributed by atoms with Crippen LogP contribution >= 0.6 is 0 Å². The number of aliphatic imine (C=N–C) groups is 1. The molecule has 0 radical (unpaired) electrons. The standard InChI is InChI=1S/C23H30F2N6O4/c1-2-16(29-20(33)14-7-9-15(25)10-8-14)22(35)31-12-4-6-18(31)21(34)30-17(19(32)13-24)5-3-11-28-23(26)27/h2,7-10,16-18H,1,3-6,11-13H2,(H,29,33)(H,30,34)(H4,26,27,28)/t16-,17-,18-/m0/s1. The van der Waals surface area contributed by atoms with Crippen LogP contribution in [0.2, 0.25) is 0 Å². The Kier molecular flexibility index (Phi) is 10.3. The van der Waals surface area contributed by atoms with Gasteiger partial charge in [-0.25, -0.2) is 8.78 Å². The number of nitrogens with zero attached hydrogens (tertiary/aromatic N) is 2. The fraction of sp³-hybridized carbons (Fsp3) is 0.435. The van der Waals surface area contributed by atoms with Crippen LogP contribution in [0.15, 0.2) is 41.9 Å². The van der Waals surface area contributed by atoms with Gasteiger partial charge in [0.05, 0.1) is 6.04 Å². The largest absolute Gasteiger partial charge is 0.370 e. The monoisotopic (exact) mass is 492 g/mol. The molecule has 0 aliphatic carbocycles. The lowest BCUT2D eigenvalue weighted by molar-refractivity contribution is -0.140. The summed E-state index contributed by atoms with van der Waals surface area (Å²) in [5.74, 6) is -3.20. The third kappa shape index (κ3) is 7.87. The number of Topliss-reactive ketones (excluding diaryl/α,β-unsaturated/α-hetero) is 1. The number of nitrogens with two attached hydrogens (primary N) is 2. The van der Waals surface area contributed by atoms with Gasteiger partial charge in [0.25, 0.3) is 5.91 Å². The number of amides is 3. The highest BCUT2D eigenvalue weighted by Gasteiger charge is 2.38. The SMILES string of the molecule is C=C[C@H](NC(=O)c1ccc(F)cc1)C(=O)N1CCC[C@H]1C(=O)N[C@@H](CCCN=C(N)N)C(=O)CF. The molecule has 1 aliphatic rings. The lowest BCUT2D eigenvalue weighted by Gasteiger charge is -2.28. The third-order valence-electron chi connectivity index (χ3n) is 5.52. The molecule has 3 atom stereocenters. The molecule has 0 aromatic heterocycles. The maximum absolute atomic E-state index is 13.1. The maximum Gasteiger partial charge on any atom is 0.252 e. The summed E-state index contributed by atoms with van der Waals surface area (Å²) in [5, 5.41) is 5.04. The zero-order valence-electron chi connectivity index (χ0n) is 19.2. The van der Waals surface area contributed by atoms with Gasteiger partial charge in [-0.1, -0.05) is 6.08 Å². The fourth-order valence-corrected chi connectivity index (χ4v) is 3.71. The van der Waals surface area contributed by atoms with E-state index in [0.29, 0.717) is 19.3 Å². The number of nitrogens with one attached hydrogen (secondary N) is 2. The van der Waals surface area contributed by atoms with Crippen molar-refractivity contribution in [1.82, 2.24) is 15.5 Å². The van der Waals surface area contributed by atoms with Crippen LogP contribution in [0.5, 0.6) is 0 Å². The Morgan fingerprint density at radius 2 is 1.89 bits per heavy atom. The van der Waals surface area contributed by atoms with Crippen LogP contribution in [0.25, 0.3) is 0 Å². The quantitative estimate of drug-likeness (QED) is 0.141. The van der Waals surface area contributed by atoms with Gasteiger partial charge < -0.3 is 27.0 Å². The number of alkyl halides is 1. The molecule has 6 N–H and O–H groups in total. The van der Waals surface area contributed by atoms with E-state index in [2.05, 4.69) is 22.2 Å². The van der Waals surface area contributed by atoms with Crippen molar-refractivity contribution in [2.45, 2.75) is 43.8 Å². The zero-order valence-corrected chi connectivity index (χ0v) is 19.2. The van der Waals surface area contributed by atoms with Gasteiger partial charge in [-0.15, -0.1) is 6.58 Å². The van der Waals surface area contributed by atoms with E-state index in [1.807, 2.05) is 0 Å². The van der Waals surface area contributed by atoms with Crippen LogP contribution in [0.4, 0.5) is 8.78 Å². The molecule has 1 aromatic carbocycles. The van der Waals surface area contributed by atoms with E-state index >= 15 is 0 Å². The Bertz CT molecular complexity index is 965. The zero-order chi connectivity index (χ0) is 26.0. The van der Waals surface area contributed by atoms with E-state index in [-0.39, 0.29) is 31.0 Å². The summed E-state index contributed by atoms with van der Waals surface area (Å²) in [6, 6.07) is 1.66. The summed E-state index contributed by atoms with van der Waals surface area (Å²) in [6.45, 7) is 2.78. The molecule has 1 heterocycles. The molecule has 0 spiro atoms. The summed E-state index contributed by atoms with van der Waals surface area (Å²) in [7, 11) is 0. The van der Waals surface area contributed by atoms with Gasteiger partial charge in [0.2, 0.25) is 11.8 Å². The molecule has 0 unspecified atom stereocenters. The molecule has 1 fully saturated rings. The predicted octanol–water partition coefficient (Wildman–Crippen LogP) is 0.178. The number of carbonyl (C=O) groups is 4. The maximum atomic E-state index is 13.1. The van der Waals surface area contributed by atoms with Gasteiger partial charge in [-0.2, -0.15) is 0 Å². The molecule has 1 saturated heterocycles. The van der Waals surface area contributed by atoms with Crippen molar-refractivity contribution in [2.24, 2.45) is 16.5 Å². The molecular formula is C23H30F2N6O4. The normalized spacial score (nSPS) is 16.6. The minimum absolute atomic E-state index is 0.120. The molecule has 1 aliphatic heterocycles. The van der Waals surface area contributed by atoms with Gasteiger partial charge in [0.1, 0.15) is 24.6 Å². The Labute approximate surface area is 201 Å². The number of rotatable bonds is 12. The van der Waals surface area contributed by atoms with Crippen molar-refractivity contribution in [1.29, 1.82) is 0 Å². The first kappa shape index (κ1) is 27.4. The number of hydrogen-bond acceptors (Lipinski definition) is 5. The van der Waals surface area contributed by atoms with Crippen molar-refractivity contribution in [2.75, 3.05) is 19.8 Å². The second-order valence-corrected chi connectivity index (χ2v) is 7.99. The van der Waals surface area contributed by atoms with Gasteiger partial charge in [0, 0.05) is 18.7 Å². The highest BCUT2D eigenvalue weighted by Crippen LogP contribution is 2.20. The van der Waals surface area contributed by atoms with Crippen molar-refractivity contribution >= 4 is 29.5 Å². The topological polar surface area (TPSA) is 160 Å². The van der Waals surface area contributed by atoms with E-state index in [1.165, 1.54) is 23.1 Å². The molecule has 10 nitrogen and oxygen atoms in total. The van der Waals surface area contributed by atoms with E-state index in [1.54, 1.807) is 0 Å². The van der Waals surface area contributed by atoms with Crippen LogP contribution in [0, 0.1) is 5.82 Å². The molecule has 0 saturated carbocycles. The fourth-order valence-electron chi connectivity index (χ4n) is 3.71. The highest BCUT2D eigenvalue weighted by molar-refractivity contribution is 5.99. The van der Waals surface area contributed by atoms with Crippen LogP contribution < -0.4 is 22.1 Å². The highest BCUT2D eigenvalue weighted by atomic mass is 19.1. The number of guanidine groups is 1. The van der Waals surface area contributed by atoms with E-state index in [9.17, 15) is 28.0 Å². The van der Waals surface area contributed by atoms with Gasteiger partial charge in [-0.3, -0.25) is 24.2 Å². The number of carbonyl (C=O) groups excluding carboxylic acids is 4. The van der Waals surface area contributed by atoms with Gasteiger partial charge in [-0.05, 0) is 49.9 Å². The summed E-state index contributed by atoms with van der Waals surface area (Å²) in [5.41, 5.74) is 10.7. The molecule has 2 rings (SSSR count). The third-order valence-corrected chi connectivity index (χ3v) is 5.52.